The molecular weight excluding hydrogens is 292 g/mol. The van der Waals surface area contributed by atoms with E-state index in [1.807, 2.05) is 25.1 Å². The molecule has 21 heavy (non-hydrogen) atoms. The Hall–Kier alpha value is -2.22. The number of carbonyl (C=O) groups excluding carboxylic acids is 1. The Kier molecular flexibility index (Phi) is 3.96. The van der Waals surface area contributed by atoms with E-state index in [2.05, 4.69) is 20.5 Å². The number of aromatic nitrogens is 3. The van der Waals surface area contributed by atoms with Gasteiger partial charge in [-0.3, -0.25) is 9.89 Å². The monoisotopic (exact) mass is 306 g/mol. The molecule has 0 radical (unpaired) electrons. The minimum Gasteiger partial charge on any atom is -0.454 e. The normalized spacial score (nSPS) is 14.0. The van der Waals surface area contributed by atoms with E-state index in [1.165, 1.54) is 18.1 Å². The van der Waals surface area contributed by atoms with Crippen LogP contribution in [-0.2, 0) is 11.3 Å². The van der Waals surface area contributed by atoms with Crippen LogP contribution in [0.25, 0.3) is 0 Å². The Labute approximate surface area is 125 Å². The predicted molar refractivity (Wildman–Crippen MR) is 76.1 cm³/mol. The fourth-order valence-electron chi connectivity index (χ4n) is 1.86. The number of carbonyl (C=O) groups is 1. The van der Waals surface area contributed by atoms with Gasteiger partial charge in [0.2, 0.25) is 12.7 Å². The molecule has 0 bridgehead atoms. The number of amides is 1. The molecule has 1 aliphatic rings. The zero-order valence-corrected chi connectivity index (χ0v) is 12.1. The first kappa shape index (κ1) is 13.7. The molecule has 0 fully saturated rings. The molecule has 110 valence electrons. The van der Waals surface area contributed by atoms with Crippen molar-refractivity contribution in [3.63, 3.8) is 0 Å². The van der Waals surface area contributed by atoms with Crippen LogP contribution in [0.15, 0.2) is 29.7 Å². The van der Waals surface area contributed by atoms with Gasteiger partial charge in [0.05, 0.1) is 5.25 Å². The number of hydrogen-bond donors (Lipinski definition) is 2. The van der Waals surface area contributed by atoms with Gasteiger partial charge in [-0.25, -0.2) is 4.98 Å². The fraction of sp³-hybridized carbons (Fsp3) is 0.308. The highest BCUT2D eigenvalue weighted by molar-refractivity contribution is 8.00. The number of aromatic amines is 1. The maximum Gasteiger partial charge on any atom is 0.233 e. The second-order valence-electron chi connectivity index (χ2n) is 4.46. The van der Waals surface area contributed by atoms with Gasteiger partial charge >= 0.3 is 0 Å². The highest BCUT2D eigenvalue weighted by Gasteiger charge is 2.17. The van der Waals surface area contributed by atoms with Gasteiger partial charge in [-0.2, -0.15) is 5.10 Å². The SMILES string of the molecule is CC(Sc1ncn[nH]1)C(=O)NCc1ccc2c(c1)OCO2. The summed E-state index contributed by atoms with van der Waals surface area (Å²) < 4.78 is 10.6. The lowest BCUT2D eigenvalue weighted by molar-refractivity contribution is -0.120. The molecule has 8 heteroatoms. The van der Waals surface area contributed by atoms with Crippen LogP contribution in [0.1, 0.15) is 12.5 Å². The molecule has 2 heterocycles. The molecule has 1 unspecified atom stereocenters. The molecule has 0 aliphatic carbocycles. The van der Waals surface area contributed by atoms with Gasteiger partial charge in [0, 0.05) is 6.54 Å². The lowest BCUT2D eigenvalue weighted by atomic mass is 10.2. The molecule has 2 N–H and O–H groups in total. The van der Waals surface area contributed by atoms with Gasteiger partial charge < -0.3 is 14.8 Å². The van der Waals surface area contributed by atoms with E-state index in [1.54, 1.807) is 0 Å². The molecule has 3 rings (SSSR count). The summed E-state index contributed by atoms with van der Waals surface area (Å²) in [7, 11) is 0. The van der Waals surface area contributed by atoms with Crippen LogP contribution in [-0.4, -0.2) is 33.1 Å². The smallest absolute Gasteiger partial charge is 0.233 e. The third kappa shape index (κ3) is 3.27. The van der Waals surface area contributed by atoms with Gasteiger partial charge in [-0.05, 0) is 24.6 Å². The number of fused-ring (bicyclic) bond motifs is 1. The third-order valence-electron chi connectivity index (χ3n) is 2.95. The van der Waals surface area contributed by atoms with Gasteiger partial charge in [0.25, 0.3) is 0 Å². The Morgan fingerprint density at radius 2 is 2.33 bits per heavy atom. The lowest BCUT2D eigenvalue weighted by Gasteiger charge is -2.10. The summed E-state index contributed by atoms with van der Waals surface area (Å²) in [6.45, 7) is 2.51. The molecule has 1 amide bonds. The number of benzene rings is 1. The van der Waals surface area contributed by atoms with Crippen LogP contribution < -0.4 is 14.8 Å². The standard InChI is InChI=1S/C13H14N4O3S/c1-8(21-13-15-6-16-17-13)12(18)14-5-9-2-3-10-11(4-9)20-7-19-10/h2-4,6,8H,5,7H2,1H3,(H,14,18)(H,15,16,17). The van der Waals surface area contributed by atoms with Crippen molar-refractivity contribution in [1.82, 2.24) is 20.5 Å². The molecule has 1 atom stereocenters. The summed E-state index contributed by atoms with van der Waals surface area (Å²) in [6, 6.07) is 5.62. The number of ether oxygens (including phenoxy) is 2. The Balaban J connectivity index is 1.53. The van der Waals surface area contributed by atoms with E-state index in [-0.39, 0.29) is 18.0 Å². The van der Waals surface area contributed by atoms with Crippen LogP contribution in [0.4, 0.5) is 0 Å². The Morgan fingerprint density at radius 3 is 3.14 bits per heavy atom. The van der Waals surface area contributed by atoms with E-state index >= 15 is 0 Å². The first-order chi connectivity index (χ1) is 10.2. The fourth-order valence-corrected chi connectivity index (χ4v) is 2.59. The van der Waals surface area contributed by atoms with Crippen LogP contribution in [0.3, 0.4) is 0 Å². The summed E-state index contributed by atoms with van der Waals surface area (Å²) in [6.07, 6.45) is 1.42. The van der Waals surface area contributed by atoms with Gasteiger partial charge in [-0.1, -0.05) is 17.8 Å². The lowest BCUT2D eigenvalue weighted by Crippen LogP contribution is -2.30. The minimum absolute atomic E-state index is 0.0610. The van der Waals surface area contributed by atoms with Crippen molar-refractivity contribution in [2.45, 2.75) is 23.9 Å². The molecule has 1 aliphatic heterocycles. The quantitative estimate of drug-likeness (QED) is 0.810. The number of rotatable bonds is 5. The van der Waals surface area contributed by atoms with Crippen molar-refractivity contribution >= 4 is 17.7 Å². The van der Waals surface area contributed by atoms with Gasteiger partial charge in [-0.15, -0.1) is 0 Å². The number of H-pyrrole nitrogens is 1. The highest BCUT2D eigenvalue weighted by atomic mass is 32.2. The molecular formula is C13H14N4O3S. The Morgan fingerprint density at radius 1 is 1.48 bits per heavy atom. The summed E-state index contributed by atoms with van der Waals surface area (Å²) in [5, 5.41) is 9.72. The van der Waals surface area contributed by atoms with E-state index in [0.29, 0.717) is 17.5 Å². The van der Waals surface area contributed by atoms with E-state index in [0.717, 1.165) is 11.3 Å². The van der Waals surface area contributed by atoms with E-state index < -0.39 is 0 Å². The van der Waals surface area contributed by atoms with Crippen molar-refractivity contribution in [1.29, 1.82) is 0 Å². The van der Waals surface area contributed by atoms with Crippen LogP contribution in [0.2, 0.25) is 0 Å². The third-order valence-corrected chi connectivity index (χ3v) is 3.94. The second kappa shape index (κ2) is 6.04. The number of nitrogens with zero attached hydrogens (tertiary/aromatic N) is 2. The topological polar surface area (TPSA) is 89.1 Å². The number of hydrogen-bond acceptors (Lipinski definition) is 6. The average molecular weight is 306 g/mol. The largest absolute Gasteiger partial charge is 0.454 e. The molecule has 0 saturated carbocycles. The molecule has 7 nitrogen and oxygen atoms in total. The summed E-state index contributed by atoms with van der Waals surface area (Å²) in [4.78, 5) is 16.0. The first-order valence-corrected chi connectivity index (χ1v) is 7.28. The van der Waals surface area contributed by atoms with E-state index in [9.17, 15) is 4.79 Å². The molecule has 1 aromatic heterocycles. The van der Waals surface area contributed by atoms with Gasteiger partial charge in [0.1, 0.15) is 6.33 Å². The molecule has 2 aromatic rings. The van der Waals surface area contributed by atoms with Crippen LogP contribution in [0, 0.1) is 0 Å². The maximum atomic E-state index is 12.0. The highest BCUT2D eigenvalue weighted by Crippen LogP contribution is 2.32. The van der Waals surface area contributed by atoms with Crippen LogP contribution >= 0.6 is 11.8 Å². The number of thioether (sulfide) groups is 1. The first-order valence-electron chi connectivity index (χ1n) is 6.40. The van der Waals surface area contributed by atoms with Crippen molar-refractivity contribution in [3.8, 4) is 11.5 Å². The summed E-state index contributed by atoms with van der Waals surface area (Å²) >= 11 is 1.33. The van der Waals surface area contributed by atoms with Crippen molar-refractivity contribution < 1.29 is 14.3 Å². The summed E-state index contributed by atoms with van der Waals surface area (Å²) in [5.41, 5.74) is 0.962. The molecule has 1 aromatic carbocycles. The van der Waals surface area contributed by atoms with Crippen molar-refractivity contribution in [2.75, 3.05) is 6.79 Å². The van der Waals surface area contributed by atoms with Crippen molar-refractivity contribution in [3.05, 3.63) is 30.1 Å². The average Bonchev–Trinajstić information content (AvgIpc) is 3.14. The molecule has 0 spiro atoms. The minimum atomic E-state index is -0.257. The van der Waals surface area contributed by atoms with Gasteiger partial charge in [0.15, 0.2) is 16.7 Å². The zero-order valence-electron chi connectivity index (χ0n) is 11.3. The second-order valence-corrected chi connectivity index (χ2v) is 5.79. The molecule has 0 saturated heterocycles. The maximum absolute atomic E-state index is 12.0. The zero-order chi connectivity index (χ0) is 14.7. The summed E-state index contributed by atoms with van der Waals surface area (Å²) in [5.74, 6) is 1.39. The van der Waals surface area contributed by atoms with Crippen LogP contribution in [0.5, 0.6) is 11.5 Å². The number of nitrogens with one attached hydrogen (secondary N) is 2. The predicted octanol–water partition coefficient (Wildman–Crippen LogP) is 1.33. The Bertz CT molecular complexity index is 632. The van der Waals surface area contributed by atoms with E-state index in [4.69, 9.17) is 9.47 Å². The van der Waals surface area contributed by atoms with Crippen molar-refractivity contribution in [2.24, 2.45) is 0 Å².